The summed E-state index contributed by atoms with van der Waals surface area (Å²) in [6.07, 6.45) is 2.09. The molecule has 7 heavy (non-hydrogen) atoms. The highest BCUT2D eigenvalue weighted by Gasteiger charge is 2.07. The minimum atomic E-state index is 0.269. The van der Waals surface area contributed by atoms with Crippen LogP contribution in [0.5, 0.6) is 0 Å². The fraction of sp³-hybridized carbons (Fsp3) is 0.750. The van der Waals surface area contributed by atoms with Crippen LogP contribution in [0.2, 0.25) is 0 Å². The Bertz CT molecular complexity index is 83.8. The molecule has 0 radical (unpaired) electrons. The van der Waals surface area contributed by atoms with Gasteiger partial charge < -0.3 is 4.74 Å². The third kappa shape index (κ3) is 1.17. The lowest BCUT2D eigenvalue weighted by molar-refractivity contribution is 0.179. The summed E-state index contributed by atoms with van der Waals surface area (Å²) in [5.74, 6) is 0.983. The molecule has 0 aromatic heterocycles. The molecular weight excluding hydrogens is 110 g/mol. The lowest BCUT2D eigenvalue weighted by atomic mass is 10.5. The van der Waals surface area contributed by atoms with E-state index in [1.807, 2.05) is 6.21 Å². The summed E-state index contributed by atoms with van der Waals surface area (Å²) in [6.45, 7) is 0. The van der Waals surface area contributed by atoms with E-state index in [1.54, 1.807) is 19.1 Å². The number of hydrogen-bond donors (Lipinski definition) is 0. The van der Waals surface area contributed by atoms with Crippen LogP contribution in [0.1, 0.15) is 0 Å². The van der Waals surface area contributed by atoms with Crippen LogP contribution in [-0.2, 0) is 4.74 Å². The van der Waals surface area contributed by atoms with Crippen LogP contribution in [0.3, 0.4) is 0 Å². The number of rotatable bonds is 1. The Hall–Kier alpha value is -0.0200. The Labute approximate surface area is 47.1 Å². The first kappa shape index (κ1) is 5.12. The van der Waals surface area contributed by atoms with Crippen LogP contribution in [-0.4, -0.2) is 25.2 Å². The second-order valence-corrected chi connectivity index (χ2v) is 2.13. The molecule has 0 bridgehead atoms. The molecule has 0 saturated carbocycles. The van der Waals surface area contributed by atoms with Gasteiger partial charge in [0.15, 0.2) is 0 Å². The molecule has 0 spiro atoms. The second-order valence-electron chi connectivity index (χ2n) is 1.32. The molecule has 0 aromatic carbocycles. The molecule has 0 amide bonds. The zero-order chi connectivity index (χ0) is 5.11. The van der Waals surface area contributed by atoms with E-state index in [0.29, 0.717) is 0 Å². The summed E-state index contributed by atoms with van der Waals surface area (Å²) in [7, 11) is 1.70. The van der Waals surface area contributed by atoms with E-state index in [2.05, 4.69) is 4.40 Å². The Balaban J connectivity index is 2.28. The Morgan fingerprint density at radius 3 is 3.14 bits per heavy atom. The highest BCUT2D eigenvalue weighted by Crippen LogP contribution is 2.11. The molecule has 1 heterocycles. The van der Waals surface area contributed by atoms with Crippen LogP contribution >= 0.6 is 11.9 Å². The largest absolute Gasteiger partial charge is 0.375 e. The van der Waals surface area contributed by atoms with E-state index in [0.717, 1.165) is 5.75 Å². The molecular formula is C4H7NOS. The quantitative estimate of drug-likeness (QED) is 0.472. The lowest BCUT2D eigenvalue weighted by Gasteiger charge is -1.97. The maximum absolute atomic E-state index is 4.94. The Morgan fingerprint density at radius 1 is 2.00 bits per heavy atom. The molecule has 0 aromatic rings. The fourth-order valence-corrected chi connectivity index (χ4v) is 1.08. The standard InChI is InChI=1S/C4H7NOS/c1-6-4-2-5-7-3-4/h2,4H,3H2,1H3. The maximum Gasteiger partial charge on any atom is 0.104 e. The number of ether oxygens (including phenoxy) is 1. The highest BCUT2D eigenvalue weighted by atomic mass is 32.2. The van der Waals surface area contributed by atoms with Gasteiger partial charge in [-0.1, -0.05) is 0 Å². The van der Waals surface area contributed by atoms with Crippen molar-refractivity contribution >= 4 is 18.2 Å². The normalized spacial score (nSPS) is 29.0. The Kier molecular flexibility index (Phi) is 1.70. The summed E-state index contributed by atoms with van der Waals surface area (Å²) in [4.78, 5) is 0. The van der Waals surface area contributed by atoms with Gasteiger partial charge in [-0.05, 0) is 11.9 Å². The van der Waals surface area contributed by atoms with Gasteiger partial charge in [0, 0.05) is 19.1 Å². The van der Waals surface area contributed by atoms with Crippen LogP contribution in [0.25, 0.3) is 0 Å². The van der Waals surface area contributed by atoms with Crippen molar-refractivity contribution in [2.24, 2.45) is 4.40 Å². The first-order chi connectivity index (χ1) is 3.43. The van der Waals surface area contributed by atoms with Crippen molar-refractivity contribution in [1.29, 1.82) is 0 Å². The average molecular weight is 117 g/mol. The number of hydrogen-bond acceptors (Lipinski definition) is 3. The molecule has 1 aliphatic heterocycles. The molecule has 0 saturated heterocycles. The van der Waals surface area contributed by atoms with Gasteiger partial charge in [0.25, 0.3) is 0 Å². The minimum absolute atomic E-state index is 0.269. The van der Waals surface area contributed by atoms with Crippen molar-refractivity contribution in [3.8, 4) is 0 Å². The van der Waals surface area contributed by atoms with Gasteiger partial charge in [0.2, 0.25) is 0 Å². The maximum atomic E-state index is 4.94. The third-order valence-corrected chi connectivity index (χ3v) is 1.59. The summed E-state index contributed by atoms with van der Waals surface area (Å²) in [5, 5.41) is 0. The number of nitrogens with zero attached hydrogens (tertiary/aromatic N) is 1. The summed E-state index contributed by atoms with van der Waals surface area (Å²) in [6, 6.07) is 0. The van der Waals surface area contributed by atoms with Crippen molar-refractivity contribution in [1.82, 2.24) is 0 Å². The topological polar surface area (TPSA) is 21.6 Å². The fourth-order valence-electron chi connectivity index (χ4n) is 0.399. The number of methoxy groups -OCH3 is 1. The Morgan fingerprint density at radius 2 is 2.86 bits per heavy atom. The van der Waals surface area contributed by atoms with Crippen molar-refractivity contribution in [3.63, 3.8) is 0 Å². The first-order valence-corrected chi connectivity index (χ1v) is 3.06. The molecule has 0 aliphatic carbocycles. The monoisotopic (exact) mass is 117 g/mol. The van der Waals surface area contributed by atoms with Crippen molar-refractivity contribution in [3.05, 3.63) is 0 Å². The van der Waals surface area contributed by atoms with E-state index >= 15 is 0 Å². The average Bonchev–Trinajstić information content (AvgIpc) is 2.14. The SMILES string of the molecule is COC1C=NSC1. The van der Waals surface area contributed by atoms with Crippen molar-refractivity contribution in [2.45, 2.75) is 6.10 Å². The summed E-state index contributed by atoms with van der Waals surface area (Å²) < 4.78 is 8.84. The molecule has 3 heteroatoms. The predicted molar refractivity (Wildman–Crippen MR) is 31.7 cm³/mol. The van der Waals surface area contributed by atoms with Gasteiger partial charge in [-0.25, -0.2) is 4.40 Å². The van der Waals surface area contributed by atoms with Gasteiger partial charge in [0.05, 0.1) is 0 Å². The molecule has 0 N–H and O–H groups in total. The van der Waals surface area contributed by atoms with Crippen LogP contribution < -0.4 is 0 Å². The van der Waals surface area contributed by atoms with Gasteiger partial charge in [-0.15, -0.1) is 0 Å². The van der Waals surface area contributed by atoms with Crippen molar-refractivity contribution in [2.75, 3.05) is 12.9 Å². The highest BCUT2D eigenvalue weighted by molar-refractivity contribution is 7.98. The van der Waals surface area contributed by atoms with Gasteiger partial charge in [0.1, 0.15) is 6.10 Å². The minimum Gasteiger partial charge on any atom is -0.375 e. The molecule has 40 valence electrons. The van der Waals surface area contributed by atoms with E-state index in [1.165, 1.54) is 0 Å². The summed E-state index contributed by atoms with van der Waals surface area (Å²) >= 11 is 1.55. The zero-order valence-electron chi connectivity index (χ0n) is 4.13. The summed E-state index contributed by atoms with van der Waals surface area (Å²) in [5.41, 5.74) is 0. The van der Waals surface area contributed by atoms with Gasteiger partial charge in [-0.2, -0.15) is 0 Å². The molecule has 1 unspecified atom stereocenters. The van der Waals surface area contributed by atoms with Crippen LogP contribution in [0.15, 0.2) is 4.40 Å². The predicted octanol–water partition coefficient (Wildman–Crippen LogP) is 0.734. The molecule has 1 aliphatic rings. The lowest BCUT2D eigenvalue weighted by Crippen LogP contribution is -2.09. The molecule has 2 nitrogen and oxygen atoms in total. The first-order valence-electron chi connectivity index (χ1n) is 2.11. The third-order valence-electron chi connectivity index (χ3n) is 0.843. The van der Waals surface area contributed by atoms with E-state index in [-0.39, 0.29) is 6.10 Å². The van der Waals surface area contributed by atoms with E-state index in [9.17, 15) is 0 Å². The molecule has 0 fully saturated rings. The van der Waals surface area contributed by atoms with Crippen LogP contribution in [0, 0.1) is 0 Å². The van der Waals surface area contributed by atoms with E-state index in [4.69, 9.17) is 4.74 Å². The van der Waals surface area contributed by atoms with Gasteiger partial charge in [-0.3, -0.25) is 0 Å². The van der Waals surface area contributed by atoms with Gasteiger partial charge >= 0.3 is 0 Å². The van der Waals surface area contributed by atoms with E-state index < -0.39 is 0 Å². The molecule has 1 rings (SSSR count). The molecule has 1 atom stereocenters. The second kappa shape index (κ2) is 2.33. The smallest absolute Gasteiger partial charge is 0.104 e. The van der Waals surface area contributed by atoms with Crippen molar-refractivity contribution < 1.29 is 4.74 Å². The van der Waals surface area contributed by atoms with Crippen LogP contribution in [0.4, 0.5) is 0 Å². The zero-order valence-corrected chi connectivity index (χ0v) is 4.94.